The van der Waals surface area contributed by atoms with Gasteiger partial charge in [0.25, 0.3) is 5.91 Å². The Kier molecular flexibility index (Phi) is 2.68. The van der Waals surface area contributed by atoms with Crippen molar-refractivity contribution in [1.82, 2.24) is 0 Å². The summed E-state index contributed by atoms with van der Waals surface area (Å²) in [4.78, 5) is 22.3. The molecule has 86 valence electrons. The third-order valence-electron chi connectivity index (χ3n) is 2.84. The van der Waals surface area contributed by atoms with Crippen molar-refractivity contribution in [2.45, 2.75) is 25.7 Å². The lowest BCUT2D eigenvalue weighted by Gasteiger charge is -2.06. The van der Waals surface area contributed by atoms with E-state index in [2.05, 4.69) is 4.42 Å². The maximum absolute atomic E-state index is 11.2. The van der Waals surface area contributed by atoms with Crippen molar-refractivity contribution < 1.29 is 9.21 Å². The molecule has 5 heteroatoms. The van der Waals surface area contributed by atoms with Crippen LogP contribution in [-0.2, 0) is 6.42 Å². The van der Waals surface area contributed by atoms with Crippen molar-refractivity contribution in [1.29, 1.82) is 0 Å². The summed E-state index contributed by atoms with van der Waals surface area (Å²) in [6.07, 6.45) is 4.06. The Balaban J connectivity index is 2.31. The van der Waals surface area contributed by atoms with Gasteiger partial charge < -0.3 is 15.9 Å². The van der Waals surface area contributed by atoms with Crippen molar-refractivity contribution in [3.05, 3.63) is 27.6 Å². The summed E-state index contributed by atoms with van der Waals surface area (Å²) in [6, 6.07) is 1.30. The number of hydrogen-bond acceptors (Lipinski definition) is 4. The number of aryl methyl sites for hydroxylation is 1. The van der Waals surface area contributed by atoms with Crippen LogP contribution < -0.4 is 17.1 Å². The van der Waals surface area contributed by atoms with E-state index in [9.17, 15) is 9.59 Å². The summed E-state index contributed by atoms with van der Waals surface area (Å²) in [7, 11) is 0. The maximum Gasteiger partial charge on any atom is 0.337 e. The lowest BCUT2D eigenvalue weighted by molar-refractivity contribution is 0.0998. The first kappa shape index (κ1) is 10.7. The molecule has 4 N–H and O–H groups in total. The topological polar surface area (TPSA) is 99.3 Å². The van der Waals surface area contributed by atoms with E-state index in [1.807, 2.05) is 0 Å². The van der Waals surface area contributed by atoms with Gasteiger partial charge in [0.1, 0.15) is 5.56 Å². The van der Waals surface area contributed by atoms with E-state index < -0.39 is 11.5 Å². The van der Waals surface area contributed by atoms with Gasteiger partial charge in [0.2, 0.25) is 5.88 Å². The molecule has 2 rings (SSSR count). The quantitative estimate of drug-likeness (QED) is 0.781. The predicted octanol–water partition coefficient (Wildman–Crippen LogP) is 0.664. The number of carbonyl (C=O) groups excluding carboxylic acids is 1. The molecule has 1 aliphatic rings. The summed E-state index contributed by atoms with van der Waals surface area (Å²) in [6.45, 7) is 0. The highest BCUT2D eigenvalue weighted by Gasteiger charge is 2.23. The Morgan fingerprint density at radius 2 is 2.19 bits per heavy atom. The van der Waals surface area contributed by atoms with Crippen molar-refractivity contribution >= 4 is 11.8 Å². The molecule has 0 radical (unpaired) electrons. The highest BCUT2D eigenvalue weighted by Crippen LogP contribution is 2.34. The molecule has 0 unspecified atom stereocenters. The minimum absolute atomic E-state index is 0.153. The fourth-order valence-electron chi connectivity index (χ4n) is 1.80. The SMILES string of the molecule is NC(=O)c1c(CCC2CC2)cc(=O)oc1N. The molecule has 1 fully saturated rings. The Hall–Kier alpha value is -1.78. The summed E-state index contributed by atoms with van der Waals surface area (Å²) in [5.41, 5.74) is 10.9. The van der Waals surface area contributed by atoms with E-state index >= 15 is 0 Å². The van der Waals surface area contributed by atoms with Gasteiger partial charge >= 0.3 is 5.63 Å². The van der Waals surface area contributed by atoms with Crippen LogP contribution in [0, 0.1) is 5.92 Å². The fraction of sp³-hybridized carbons (Fsp3) is 0.455. The number of carbonyl (C=O) groups is 1. The van der Waals surface area contributed by atoms with E-state index in [1.165, 1.54) is 18.9 Å². The molecular formula is C11H14N2O3. The van der Waals surface area contributed by atoms with Gasteiger partial charge in [-0.05, 0) is 24.3 Å². The van der Waals surface area contributed by atoms with Gasteiger partial charge in [0, 0.05) is 6.07 Å². The van der Waals surface area contributed by atoms with Crippen molar-refractivity contribution in [3.8, 4) is 0 Å². The van der Waals surface area contributed by atoms with Gasteiger partial charge in [-0.15, -0.1) is 0 Å². The summed E-state index contributed by atoms with van der Waals surface area (Å²) in [5.74, 6) is -0.105. The van der Waals surface area contributed by atoms with E-state index in [0.717, 1.165) is 6.42 Å². The molecule has 1 heterocycles. The van der Waals surface area contributed by atoms with Crippen LogP contribution in [0.4, 0.5) is 5.88 Å². The average Bonchev–Trinajstić information content (AvgIpc) is 2.95. The van der Waals surface area contributed by atoms with Gasteiger partial charge in [-0.3, -0.25) is 4.79 Å². The van der Waals surface area contributed by atoms with Crippen LogP contribution in [-0.4, -0.2) is 5.91 Å². The zero-order valence-electron chi connectivity index (χ0n) is 8.86. The molecule has 0 atom stereocenters. The molecule has 1 aliphatic carbocycles. The van der Waals surface area contributed by atoms with Gasteiger partial charge in [0.05, 0.1) is 0 Å². The van der Waals surface area contributed by atoms with E-state index in [0.29, 0.717) is 17.9 Å². The second kappa shape index (κ2) is 4.00. The van der Waals surface area contributed by atoms with Gasteiger partial charge in [-0.25, -0.2) is 4.79 Å². The monoisotopic (exact) mass is 222 g/mol. The van der Waals surface area contributed by atoms with Crippen LogP contribution in [0.2, 0.25) is 0 Å². The van der Waals surface area contributed by atoms with Gasteiger partial charge in [0.15, 0.2) is 0 Å². The first-order chi connectivity index (χ1) is 7.58. The molecule has 1 aromatic rings. The molecular weight excluding hydrogens is 208 g/mol. The maximum atomic E-state index is 11.2. The fourth-order valence-corrected chi connectivity index (χ4v) is 1.80. The van der Waals surface area contributed by atoms with E-state index in [1.54, 1.807) is 0 Å². The largest absolute Gasteiger partial charge is 0.406 e. The normalized spacial score (nSPS) is 15.0. The zero-order valence-corrected chi connectivity index (χ0v) is 8.86. The second-order valence-corrected chi connectivity index (χ2v) is 4.18. The molecule has 0 bridgehead atoms. The van der Waals surface area contributed by atoms with Crippen LogP contribution in [0.3, 0.4) is 0 Å². The lowest BCUT2D eigenvalue weighted by Crippen LogP contribution is -2.19. The Bertz CT molecular complexity index is 475. The van der Waals surface area contributed by atoms with E-state index in [4.69, 9.17) is 11.5 Å². The molecule has 1 aromatic heterocycles. The number of rotatable bonds is 4. The molecule has 0 aliphatic heterocycles. The molecule has 1 amide bonds. The van der Waals surface area contributed by atoms with E-state index in [-0.39, 0.29) is 11.4 Å². The Morgan fingerprint density at radius 1 is 1.50 bits per heavy atom. The zero-order chi connectivity index (χ0) is 11.7. The van der Waals surface area contributed by atoms with Crippen LogP contribution >= 0.6 is 0 Å². The number of nitrogens with two attached hydrogens (primary N) is 2. The standard InChI is InChI=1S/C11H14N2O3/c12-10(15)9-7(4-3-6-1-2-6)5-8(14)16-11(9)13/h5-6H,1-4,13H2,(H2,12,15). The molecule has 0 spiro atoms. The second-order valence-electron chi connectivity index (χ2n) is 4.18. The first-order valence-corrected chi connectivity index (χ1v) is 5.30. The lowest BCUT2D eigenvalue weighted by atomic mass is 10.0. The first-order valence-electron chi connectivity index (χ1n) is 5.30. The summed E-state index contributed by atoms with van der Waals surface area (Å²) >= 11 is 0. The molecule has 5 nitrogen and oxygen atoms in total. The third kappa shape index (κ3) is 2.24. The number of nitrogen functional groups attached to an aromatic ring is 1. The number of primary amides is 1. The van der Waals surface area contributed by atoms with Crippen molar-refractivity contribution in [2.75, 3.05) is 5.73 Å². The van der Waals surface area contributed by atoms with Crippen LogP contribution in [0.5, 0.6) is 0 Å². The molecule has 1 saturated carbocycles. The highest BCUT2D eigenvalue weighted by atomic mass is 16.4. The molecule has 0 saturated heterocycles. The average molecular weight is 222 g/mol. The predicted molar refractivity (Wildman–Crippen MR) is 59.0 cm³/mol. The molecule has 0 aromatic carbocycles. The minimum Gasteiger partial charge on any atom is -0.406 e. The Morgan fingerprint density at radius 3 is 2.75 bits per heavy atom. The van der Waals surface area contributed by atoms with Crippen LogP contribution in [0.1, 0.15) is 35.2 Å². The van der Waals surface area contributed by atoms with Gasteiger partial charge in [-0.1, -0.05) is 12.8 Å². The minimum atomic E-state index is -0.646. The number of anilines is 1. The van der Waals surface area contributed by atoms with Crippen molar-refractivity contribution in [2.24, 2.45) is 11.7 Å². The third-order valence-corrected chi connectivity index (χ3v) is 2.84. The smallest absolute Gasteiger partial charge is 0.337 e. The van der Waals surface area contributed by atoms with Crippen molar-refractivity contribution in [3.63, 3.8) is 0 Å². The highest BCUT2D eigenvalue weighted by molar-refractivity contribution is 5.98. The Labute approximate surface area is 92.4 Å². The van der Waals surface area contributed by atoms with Crippen LogP contribution in [0.15, 0.2) is 15.3 Å². The summed E-state index contributed by atoms with van der Waals surface area (Å²) < 4.78 is 4.65. The number of hydrogen-bond donors (Lipinski definition) is 2. The van der Waals surface area contributed by atoms with Gasteiger partial charge in [-0.2, -0.15) is 0 Å². The summed E-state index contributed by atoms with van der Waals surface area (Å²) in [5, 5.41) is 0. The van der Waals surface area contributed by atoms with Crippen LogP contribution in [0.25, 0.3) is 0 Å². The molecule has 16 heavy (non-hydrogen) atoms. The number of amides is 1.